The molecule has 0 spiro atoms. The number of allylic oxidation sites excluding steroid dienone is 6. The number of carboxylic acid groups (broad SMARTS) is 1. The van der Waals surface area contributed by atoms with Crippen LogP contribution in [0.4, 0.5) is 0 Å². The number of unbranched alkanes of at least 4 members (excludes halogenated alkanes) is 2. The summed E-state index contributed by atoms with van der Waals surface area (Å²) in [6, 6.07) is 0. The second-order valence-electron chi connectivity index (χ2n) is 6.73. The third kappa shape index (κ3) is 6.83. The minimum Gasteiger partial charge on any atom is -0.489 e. The number of Topliss-reactive ketones (excluding diaryl/α,β-unsaturated/α-hetero) is 2. The predicted molar refractivity (Wildman–Crippen MR) is 107 cm³/mol. The van der Waals surface area contributed by atoms with Gasteiger partial charge < -0.3 is 14.6 Å². The third-order valence-corrected chi connectivity index (χ3v) is 4.63. The summed E-state index contributed by atoms with van der Waals surface area (Å²) in [4.78, 5) is 35.3. The van der Waals surface area contributed by atoms with Crippen LogP contribution < -0.4 is 0 Å². The van der Waals surface area contributed by atoms with Crippen LogP contribution in [0.3, 0.4) is 0 Å². The standard InChI is InChI=1S/C22H30O6/c1-15(11-9-7-5-6-8-10-12-18(23)24)13-14-17-16(2)19(25)21(27-3)22(28-4)20(17)26/h5,7,13H,6,8-12,14H2,1-4H3,(H,23,24). The zero-order chi connectivity index (χ0) is 21.1. The summed E-state index contributed by atoms with van der Waals surface area (Å²) < 4.78 is 10.1. The lowest BCUT2D eigenvalue weighted by Crippen LogP contribution is -2.24. The topological polar surface area (TPSA) is 89.9 Å². The van der Waals surface area contributed by atoms with Crippen molar-refractivity contribution in [1.82, 2.24) is 0 Å². The Morgan fingerprint density at radius 1 is 0.964 bits per heavy atom. The molecule has 0 aliphatic heterocycles. The van der Waals surface area contributed by atoms with Crippen LogP contribution in [0.1, 0.15) is 58.8 Å². The highest BCUT2D eigenvalue weighted by atomic mass is 16.5. The average Bonchev–Trinajstić information content (AvgIpc) is 2.66. The van der Waals surface area contributed by atoms with Crippen molar-refractivity contribution in [3.63, 3.8) is 0 Å². The Bertz CT molecular complexity index is 721. The van der Waals surface area contributed by atoms with E-state index in [1.54, 1.807) is 6.92 Å². The van der Waals surface area contributed by atoms with E-state index in [1.807, 2.05) is 13.0 Å². The molecule has 0 radical (unpaired) electrons. The first-order valence-corrected chi connectivity index (χ1v) is 9.47. The number of methoxy groups -OCH3 is 2. The van der Waals surface area contributed by atoms with Crippen molar-refractivity contribution < 1.29 is 29.0 Å². The van der Waals surface area contributed by atoms with Gasteiger partial charge in [0.05, 0.1) is 14.2 Å². The monoisotopic (exact) mass is 390 g/mol. The first-order valence-electron chi connectivity index (χ1n) is 9.47. The normalized spacial score (nSPS) is 15.6. The van der Waals surface area contributed by atoms with Gasteiger partial charge in [-0.25, -0.2) is 0 Å². The molecular formula is C22H30O6. The van der Waals surface area contributed by atoms with Gasteiger partial charge in [0, 0.05) is 17.6 Å². The minimum absolute atomic E-state index is 0.0371. The number of ether oxygens (including phenoxy) is 2. The van der Waals surface area contributed by atoms with Gasteiger partial charge in [0.1, 0.15) is 0 Å². The van der Waals surface area contributed by atoms with E-state index in [2.05, 4.69) is 12.2 Å². The van der Waals surface area contributed by atoms with Crippen molar-refractivity contribution in [1.29, 1.82) is 0 Å². The number of aliphatic carboxylic acids is 1. The number of rotatable bonds is 12. The highest BCUT2D eigenvalue weighted by molar-refractivity contribution is 6.23. The molecule has 6 nitrogen and oxygen atoms in total. The van der Waals surface area contributed by atoms with Crippen LogP contribution in [0.2, 0.25) is 0 Å². The highest BCUT2D eigenvalue weighted by Crippen LogP contribution is 2.28. The Morgan fingerprint density at radius 2 is 1.57 bits per heavy atom. The maximum absolute atomic E-state index is 12.6. The van der Waals surface area contributed by atoms with E-state index in [0.29, 0.717) is 24.0 Å². The number of hydrogen-bond donors (Lipinski definition) is 1. The smallest absolute Gasteiger partial charge is 0.303 e. The molecule has 1 aliphatic carbocycles. The molecule has 1 aliphatic rings. The summed E-state index contributed by atoms with van der Waals surface area (Å²) in [6.07, 6.45) is 10.9. The second-order valence-corrected chi connectivity index (χ2v) is 6.73. The Morgan fingerprint density at radius 3 is 2.18 bits per heavy atom. The van der Waals surface area contributed by atoms with Crippen molar-refractivity contribution in [2.45, 2.75) is 58.8 Å². The van der Waals surface area contributed by atoms with Crippen molar-refractivity contribution >= 4 is 17.5 Å². The molecule has 0 bridgehead atoms. The van der Waals surface area contributed by atoms with Crippen LogP contribution in [-0.2, 0) is 23.9 Å². The minimum atomic E-state index is -0.750. The van der Waals surface area contributed by atoms with E-state index < -0.39 is 5.97 Å². The van der Waals surface area contributed by atoms with Gasteiger partial charge in [-0.3, -0.25) is 14.4 Å². The van der Waals surface area contributed by atoms with Gasteiger partial charge in [-0.05, 0) is 52.4 Å². The first-order chi connectivity index (χ1) is 13.3. The molecule has 28 heavy (non-hydrogen) atoms. The number of carboxylic acids is 1. The van der Waals surface area contributed by atoms with E-state index in [4.69, 9.17) is 14.6 Å². The molecule has 0 saturated carbocycles. The van der Waals surface area contributed by atoms with E-state index in [0.717, 1.165) is 31.3 Å². The summed E-state index contributed by atoms with van der Waals surface area (Å²) in [5.74, 6) is -1.44. The largest absolute Gasteiger partial charge is 0.489 e. The number of hydrogen-bond acceptors (Lipinski definition) is 5. The highest BCUT2D eigenvalue weighted by Gasteiger charge is 2.33. The predicted octanol–water partition coefficient (Wildman–Crippen LogP) is 4.28. The summed E-state index contributed by atoms with van der Waals surface area (Å²) in [6.45, 7) is 3.64. The Kier molecular flexibility index (Phi) is 9.99. The molecule has 0 amide bonds. The Balaban J connectivity index is 2.54. The quantitative estimate of drug-likeness (QED) is 0.304. The zero-order valence-electron chi connectivity index (χ0n) is 17.2. The summed E-state index contributed by atoms with van der Waals surface area (Å²) >= 11 is 0. The van der Waals surface area contributed by atoms with Crippen molar-refractivity contribution in [3.05, 3.63) is 46.5 Å². The Labute approximate surface area is 166 Å². The van der Waals surface area contributed by atoms with Crippen molar-refractivity contribution in [2.75, 3.05) is 14.2 Å². The van der Waals surface area contributed by atoms with Crippen LogP contribution in [0.25, 0.3) is 0 Å². The number of carbonyl (C=O) groups is 3. The average molecular weight is 390 g/mol. The van der Waals surface area contributed by atoms with Gasteiger partial charge in [-0.15, -0.1) is 0 Å². The van der Waals surface area contributed by atoms with Gasteiger partial charge in [0.25, 0.3) is 0 Å². The van der Waals surface area contributed by atoms with Crippen molar-refractivity contribution in [2.24, 2.45) is 0 Å². The van der Waals surface area contributed by atoms with Gasteiger partial charge in [0.15, 0.2) is 0 Å². The Hall–Kier alpha value is -2.63. The number of ketones is 2. The molecule has 0 atom stereocenters. The van der Waals surface area contributed by atoms with Gasteiger partial charge in [0.2, 0.25) is 23.1 Å². The maximum Gasteiger partial charge on any atom is 0.303 e. The lowest BCUT2D eigenvalue weighted by molar-refractivity contribution is -0.137. The van der Waals surface area contributed by atoms with Crippen LogP contribution in [-0.4, -0.2) is 36.9 Å². The summed E-state index contributed by atoms with van der Waals surface area (Å²) in [5, 5.41) is 8.58. The first kappa shape index (κ1) is 23.4. The fraction of sp³-hybridized carbons (Fsp3) is 0.500. The molecule has 0 heterocycles. The van der Waals surface area contributed by atoms with Crippen molar-refractivity contribution in [3.8, 4) is 0 Å². The van der Waals surface area contributed by atoms with Gasteiger partial charge in [-0.2, -0.15) is 0 Å². The molecule has 6 heteroatoms. The van der Waals surface area contributed by atoms with Crippen LogP contribution >= 0.6 is 0 Å². The molecule has 0 saturated heterocycles. The van der Waals surface area contributed by atoms with Crippen LogP contribution in [0.15, 0.2) is 46.5 Å². The van der Waals surface area contributed by atoms with Gasteiger partial charge in [-0.1, -0.05) is 23.8 Å². The van der Waals surface area contributed by atoms with Gasteiger partial charge >= 0.3 is 5.97 Å². The molecule has 0 aromatic rings. The van der Waals surface area contributed by atoms with Crippen LogP contribution in [0, 0.1) is 0 Å². The molecule has 0 fully saturated rings. The molecule has 154 valence electrons. The molecule has 1 rings (SSSR count). The molecule has 0 unspecified atom stereocenters. The molecule has 0 aromatic carbocycles. The fourth-order valence-corrected chi connectivity index (χ4v) is 2.90. The van der Waals surface area contributed by atoms with Crippen LogP contribution in [0.5, 0.6) is 0 Å². The molecule has 0 aromatic heterocycles. The summed E-state index contributed by atoms with van der Waals surface area (Å²) in [7, 11) is 2.70. The lowest BCUT2D eigenvalue weighted by atomic mass is 9.90. The summed E-state index contributed by atoms with van der Waals surface area (Å²) in [5.41, 5.74) is 1.97. The number of carbonyl (C=O) groups excluding carboxylic acids is 2. The second kappa shape index (κ2) is 12.0. The zero-order valence-corrected chi connectivity index (χ0v) is 17.2. The lowest BCUT2D eigenvalue weighted by Gasteiger charge is -2.19. The fourth-order valence-electron chi connectivity index (χ4n) is 2.90. The van der Waals surface area contributed by atoms with E-state index in [9.17, 15) is 14.4 Å². The van der Waals surface area contributed by atoms with E-state index in [-0.39, 0.29) is 29.5 Å². The molecule has 1 N–H and O–H groups in total. The molecular weight excluding hydrogens is 360 g/mol. The SMILES string of the molecule is COC1=C(OC)C(=O)C(CC=C(C)CCC=CCCCCC(=O)O)=C(C)C1=O. The third-order valence-electron chi connectivity index (χ3n) is 4.63. The maximum atomic E-state index is 12.6. The van der Waals surface area contributed by atoms with E-state index in [1.165, 1.54) is 14.2 Å². The van der Waals surface area contributed by atoms with E-state index >= 15 is 0 Å².